The third kappa shape index (κ3) is 4.16. The van der Waals surface area contributed by atoms with Crippen molar-refractivity contribution in [1.29, 1.82) is 0 Å². The van der Waals surface area contributed by atoms with Crippen molar-refractivity contribution in [2.45, 2.75) is 13.8 Å². The number of carbonyl (C=O) groups is 1. The second-order valence-electron chi connectivity index (χ2n) is 3.27. The predicted molar refractivity (Wildman–Crippen MR) is 65.6 cm³/mol. The van der Waals surface area contributed by atoms with Crippen LogP contribution >= 0.6 is 0 Å². The summed E-state index contributed by atoms with van der Waals surface area (Å²) in [6, 6.07) is 3.71. The number of hydrogen-bond donors (Lipinski definition) is 3. The second kappa shape index (κ2) is 6.66. The molecule has 0 unspecified atom stereocenters. The molecule has 5 nitrogen and oxygen atoms in total. The van der Waals surface area contributed by atoms with Crippen LogP contribution in [0.5, 0.6) is 0 Å². The molecule has 1 heterocycles. The minimum atomic E-state index is -0.00990. The van der Waals surface area contributed by atoms with Crippen molar-refractivity contribution < 1.29 is 4.79 Å². The highest BCUT2D eigenvalue weighted by atomic mass is 16.1. The van der Waals surface area contributed by atoms with Gasteiger partial charge in [-0.1, -0.05) is 0 Å². The van der Waals surface area contributed by atoms with Crippen LogP contribution in [0.2, 0.25) is 0 Å². The number of nitrogens with zero attached hydrogens (tertiary/aromatic N) is 1. The lowest BCUT2D eigenvalue weighted by atomic mass is 10.3. The monoisotopic (exact) mass is 222 g/mol. The fraction of sp³-hybridized carbons (Fsp3) is 0.455. The van der Waals surface area contributed by atoms with E-state index in [2.05, 4.69) is 20.9 Å². The average molecular weight is 222 g/mol. The molecule has 1 aromatic rings. The largest absolute Gasteiger partial charge is 0.376 e. The van der Waals surface area contributed by atoms with Gasteiger partial charge in [-0.3, -0.25) is 4.79 Å². The molecule has 0 aliphatic heterocycles. The minimum absolute atomic E-state index is 0.00990. The van der Waals surface area contributed by atoms with Crippen LogP contribution in [0.15, 0.2) is 18.3 Å². The molecule has 5 heteroatoms. The van der Waals surface area contributed by atoms with Crippen molar-refractivity contribution in [2.75, 3.05) is 30.3 Å². The van der Waals surface area contributed by atoms with E-state index in [4.69, 9.17) is 0 Å². The van der Waals surface area contributed by atoms with Gasteiger partial charge in [-0.25, -0.2) is 4.98 Å². The van der Waals surface area contributed by atoms with E-state index in [1.165, 1.54) is 0 Å². The summed E-state index contributed by atoms with van der Waals surface area (Å²) in [6.45, 7) is 5.67. The van der Waals surface area contributed by atoms with Crippen LogP contribution < -0.4 is 16.0 Å². The Morgan fingerprint density at radius 3 is 2.81 bits per heavy atom. The van der Waals surface area contributed by atoms with Crippen LogP contribution in [0.3, 0.4) is 0 Å². The molecule has 0 aliphatic carbocycles. The Bertz CT molecular complexity index is 341. The number of hydrogen-bond acceptors (Lipinski definition) is 4. The van der Waals surface area contributed by atoms with Crippen LogP contribution in [0.1, 0.15) is 13.8 Å². The molecule has 0 aromatic carbocycles. The van der Waals surface area contributed by atoms with Crippen LogP contribution in [0, 0.1) is 0 Å². The van der Waals surface area contributed by atoms with Gasteiger partial charge >= 0.3 is 0 Å². The SMILES string of the molecule is CCNC(=O)CNc1ccnc(NCC)c1. The fourth-order valence-electron chi connectivity index (χ4n) is 1.26. The van der Waals surface area contributed by atoms with Gasteiger partial charge in [0.05, 0.1) is 6.54 Å². The maximum Gasteiger partial charge on any atom is 0.239 e. The highest BCUT2D eigenvalue weighted by molar-refractivity contribution is 5.80. The maximum absolute atomic E-state index is 11.2. The number of aromatic nitrogens is 1. The van der Waals surface area contributed by atoms with E-state index >= 15 is 0 Å². The third-order valence-electron chi connectivity index (χ3n) is 1.94. The normalized spacial score (nSPS) is 9.62. The Hall–Kier alpha value is -1.78. The zero-order chi connectivity index (χ0) is 11.8. The highest BCUT2D eigenvalue weighted by Crippen LogP contribution is 2.10. The van der Waals surface area contributed by atoms with E-state index in [0.29, 0.717) is 6.54 Å². The first kappa shape index (κ1) is 12.3. The van der Waals surface area contributed by atoms with Gasteiger partial charge in [0, 0.05) is 31.0 Å². The summed E-state index contributed by atoms with van der Waals surface area (Å²) in [5.41, 5.74) is 0.886. The molecule has 0 aliphatic rings. The summed E-state index contributed by atoms with van der Waals surface area (Å²) in [5, 5.41) is 8.87. The number of anilines is 2. The molecule has 0 fully saturated rings. The molecule has 88 valence electrons. The summed E-state index contributed by atoms with van der Waals surface area (Å²) >= 11 is 0. The van der Waals surface area contributed by atoms with Crippen molar-refractivity contribution in [2.24, 2.45) is 0 Å². The van der Waals surface area contributed by atoms with E-state index in [1.54, 1.807) is 6.20 Å². The average Bonchev–Trinajstić information content (AvgIpc) is 2.28. The number of rotatable bonds is 6. The molecule has 0 bridgehead atoms. The van der Waals surface area contributed by atoms with Crippen molar-refractivity contribution in [3.63, 3.8) is 0 Å². The maximum atomic E-state index is 11.2. The number of likely N-dealkylation sites (N-methyl/N-ethyl adjacent to an activating group) is 1. The van der Waals surface area contributed by atoms with Crippen LogP contribution in [-0.4, -0.2) is 30.5 Å². The summed E-state index contributed by atoms with van der Waals surface area (Å²) in [6.07, 6.45) is 1.71. The zero-order valence-electron chi connectivity index (χ0n) is 9.71. The summed E-state index contributed by atoms with van der Waals surface area (Å²) < 4.78 is 0. The minimum Gasteiger partial charge on any atom is -0.376 e. The molecular formula is C11H18N4O. The van der Waals surface area contributed by atoms with Crippen molar-refractivity contribution in [3.05, 3.63) is 18.3 Å². The summed E-state index contributed by atoms with van der Waals surface area (Å²) in [4.78, 5) is 15.4. The third-order valence-corrected chi connectivity index (χ3v) is 1.94. The molecule has 0 radical (unpaired) electrons. The number of amides is 1. The lowest BCUT2D eigenvalue weighted by Gasteiger charge is -2.08. The Kier molecular flexibility index (Phi) is 5.11. The summed E-state index contributed by atoms with van der Waals surface area (Å²) in [5.74, 6) is 0.799. The van der Waals surface area contributed by atoms with Gasteiger partial charge in [0.15, 0.2) is 0 Å². The summed E-state index contributed by atoms with van der Waals surface area (Å²) in [7, 11) is 0. The Labute approximate surface area is 95.7 Å². The molecule has 1 aromatic heterocycles. The molecule has 0 atom stereocenters. The zero-order valence-corrected chi connectivity index (χ0v) is 9.71. The van der Waals surface area contributed by atoms with Crippen molar-refractivity contribution in [1.82, 2.24) is 10.3 Å². The van der Waals surface area contributed by atoms with E-state index in [1.807, 2.05) is 26.0 Å². The van der Waals surface area contributed by atoms with Gasteiger partial charge < -0.3 is 16.0 Å². The molecule has 1 rings (SSSR count). The molecule has 0 saturated carbocycles. The topological polar surface area (TPSA) is 66.0 Å². The van der Waals surface area contributed by atoms with E-state index < -0.39 is 0 Å². The standard InChI is InChI=1S/C11H18N4O/c1-3-12-10-7-9(5-6-14-10)15-8-11(16)13-4-2/h5-7H,3-4,8H2,1-2H3,(H,13,16)(H2,12,14,15). The fourth-order valence-corrected chi connectivity index (χ4v) is 1.26. The lowest BCUT2D eigenvalue weighted by molar-refractivity contribution is -0.119. The van der Waals surface area contributed by atoms with Gasteiger partial charge in [-0.05, 0) is 19.9 Å². The van der Waals surface area contributed by atoms with Gasteiger partial charge in [0.2, 0.25) is 5.91 Å². The first-order valence-corrected chi connectivity index (χ1v) is 5.46. The van der Waals surface area contributed by atoms with E-state index in [-0.39, 0.29) is 12.5 Å². The first-order valence-electron chi connectivity index (χ1n) is 5.46. The van der Waals surface area contributed by atoms with Crippen LogP contribution in [0.25, 0.3) is 0 Å². The highest BCUT2D eigenvalue weighted by Gasteiger charge is 1.99. The van der Waals surface area contributed by atoms with Gasteiger partial charge in [-0.15, -0.1) is 0 Å². The van der Waals surface area contributed by atoms with Crippen molar-refractivity contribution >= 4 is 17.4 Å². The lowest BCUT2D eigenvalue weighted by Crippen LogP contribution is -2.29. The van der Waals surface area contributed by atoms with E-state index in [9.17, 15) is 4.79 Å². The molecule has 1 amide bonds. The molecule has 3 N–H and O–H groups in total. The van der Waals surface area contributed by atoms with Crippen LogP contribution in [0.4, 0.5) is 11.5 Å². The van der Waals surface area contributed by atoms with Gasteiger partial charge in [-0.2, -0.15) is 0 Å². The molecule has 0 spiro atoms. The quantitative estimate of drug-likeness (QED) is 0.673. The Morgan fingerprint density at radius 1 is 1.31 bits per heavy atom. The molecule has 16 heavy (non-hydrogen) atoms. The van der Waals surface area contributed by atoms with Crippen molar-refractivity contribution in [3.8, 4) is 0 Å². The van der Waals surface area contributed by atoms with E-state index in [0.717, 1.165) is 18.1 Å². The smallest absolute Gasteiger partial charge is 0.239 e. The number of nitrogens with one attached hydrogen (secondary N) is 3. The number of pyridine rings is 1. The van der Waals surface area contributed by atoms with Crippen LogP contribution in [-0.2, 0) is 4.79 Å². The first-order chi connectivity index (χ1) is 7.76. The molecular weight excluding hydrogens is 204 g/mol. The Balaban J connectivity index is 2.47. The molecule has 0 saturated heterocycles. The number of carbonyl (C=O) groups excluding carboxylic acids is 1. The predicted octanol–water partition coefficient (Wildman–Crippen LogP) is 1.06. The second-order valence-corrected chi connectivity index (χ2v) is 3.27. The van der Waals surface area contributed by atoms with Gasteiger partial charge in [0.1, 0.15) is 5.82 Å². The van der Waals surface area contributed by atoms with Gasteiger partial charge in [0.25, 0.3) is 0 Å². The Morgan fingerprint density at radius 2 is 2.12 bits per heavy atom.